The van der Waals surface area contributed by atoms with Gasteiger partial charge in [0.1, 0.15) is 0 Å². The highest BCUT2D eigenvalue weighted by molar-refractivity contribution is 5.67. The minimum atomic E-state index is -0.896. The molecule has 0 aromatic carbocycles. The van der Waals surface area contributed by atoms with Crippen LogP contribution in [0.1, 0.15) is 34.1 Å². The molecule has 4 heteroatoms. The van der Waals surface area contributed by atoms with Crippen LogP contribution >= 0.6 is 0 Å². The molecule has 0 fully saturated rings. The number of aliphatic carboxylic acids is 1. The second-order valence-corrected chi connectivity index (χ2v) is 4.48. The Morgan fingerprint density at radius 1 is 1.07 bits per heavy atom. The standard InChI is InChI=1S/C11H22O4/c1-8(2)6-14-11(5-10(12)13)15-7-9(3)4/h8-9,11H,5-7H2,1-4H3,(H,12,13). The Hall–Kier alpha value is -0.610. The lowest BCUT2D eigenvalue weighted by Gasteiger charge is -2.19. The van der Waals surface area contributed by atoms with Crippen molar-refractivity contribution in [2.75, 3.05) is 13.2 Å². The van der Waals surface area contributed by atoms with Gasteiger partial charge in [-0.1, -0.05) is 27.7 Å². The van der Waals surface area contributed by atoms with Crippen LogP contribution < -0.4 is 0 Å². The van der Waals surface area contributed by atoms with Gasteiger partial charge in [0.05, 0.1) is 19.6 Å². The van der Waals surface area contributed by atoms with E-state index in [4.69, 9.17) is 14.6 Å². The van der Waals surface area contributed by atoms with Crippen LogP contribution in [0.5, 0.6) is 0 Å². The van der Waals surface area contributed by atoms with Crippen LogP contribution in [0.3, 0.4) is 0 Å². The van der Waals surface area contributed by atoms with Crippen LogP contribution in [-0.2, 0) is 14.3 Å². The van der Waals surface area contributed by atoms with E-state index in [0.717, 1.165) is 0 Å². The zero-order chi connectivity index (χ0) is 11.8. The molecular formula is C11H22O4. The monoisotopic (exact) mass is 218 g/mol. The third kappa shape index (κ3) is 9.69. The zero-order valence-electron chi connectivity index (χ0n) is 10.0. The summed E-state index contributed by atoms with van der Waals surface area (Å²) in [7, 11) is 0. The van der Waals surface area contributed by atoms with Gasteiger partial charge >= 0.3 is 5.97 Å². The highest BCUT2D eigenvalue weighted by Gasteiger charge is 2.15. The predicted octanol–water partition coefficient (Wildman–Crippen LogP) is 2.13. The lowest BCUT2D eigenvalue weighted by Crippen LogP contribution is -2.24. The van der Waals surface area contributed by atoms with E-state index >= 15 is 0 Å². The van der Waals surface area contributed by atoms with E-state index in [0.29, 0.717) is 25.0 Å². The lowest BCUT2D eigenvalue weighted by atomic mass is 10.2. The molecule has 0 bridgehead atoms. The van der Waals surface area contributed by atoms with Gasteiger partial charge in [0.2, 0.25) is 0 Å². The van der Waals surface area contributed by atoms with Gasteiger partial charge in [-0.05, 0) is 11.8 Å². The van der Waals surface area contributed by atoms with Crippen molar-refractivity contribution >= 4 is 5.97 Å². The molecule has 0 aromatic rings. The van der Waals surface area contributed by atoms with Crippen molar-refractivity contribution in [1.82, 2.24) is 0 Å². The Bertz CT molecular complexity index is 165. The summed E-state index contributed by atoms with van der Waals surface area (Å²) < 4.78 is 10.7. The summed E-state index contributed by atoms with van der Waals surface area (Å²) in [5, 5.41) is 8.65. The Morgan fingerprint density at radius 2 is 1.47 bits per heavy atom. The minimum absolute atomic E-state index is 0.0978. The van der Waals surface area contributed by atoms with Gasteiger partial charge < -0.3 is 14.6 Å². The summed E-state index contributed by atoms with van der Waals surface area (Å²) in [6, 6.07) is 0. The maximum absolute atomic E-state index is 10.5. The molecule has 0 aliphatic carbocycles. The average Bonchev–Trinajstić information content (AvgIpc) is 2.08. The molecule has 0 heterocycles. The lowest BCUT2D eigenvalue weighted by molar-refractivity contribution is -0.172. The first-order valence-electron chi connectivity index (χ1n) is 5.36. The third-order valence-electron chi connectivity index (χ3n) is 1.57. The van der Waals surface area contributed by atoms with Crippen LogP contribution in [0.25, 0.3) is 0 Å². The minimum Gasteiger partial charge on any atom is -0.481 e. The molecule has 0 saturated heterocycles. The molecule has 0 aliphatic rings. The van der Waals surface area contributed by atoms with Crippen molar-refractivity contribution in [3.63, 3.8) is 0 Å². The Morgan fingerprint density at radius 3 is 1.73 bits per heavy atom. The van der Waals surface area contributed by atoms with Crippen LogP contribution in [0.2, 0.25) is 0 Å². The largest absolute Gasteiger partial charge is 0.481 e. The Kier molecular flexibility index (Phi) is 7.34. The SMILES string of the molecule is CC(C)COC(CC(=O)O)OCC(C)C. The van der Waals surface area contributed by atoms with Gasteiger partial charge in [-0.15, -0.1) is 0 Å². The first-order chi connectivity index (χ1) is 6.91. The normalized spacial score (nSPS) is 11.7. The highest BCUT2D eigenvalue weighted by atomic mass is 16.7. The van der Waals surface area contributed by atoms with Crippen LogP contribution in [0, 0.1) is 11.8 Å². The predicted molar refractivity (Wildman–Crippen MR) is 57.6 cm³/mol. The van der Waals surface area contributed by atoms with E-state index in [1.54, 1.807) is 0 Å². The molecule has 0 spiro atoms. The van der Waals surface area contributed by atoms with Gasteiger partial charge in [0.25, 0.3) is 0 Å². The van der Waals surface area contributed by atoms with Gasteiger partial charge in [0, 0.05) is 0 Å². The molecule has 15 heavy (non-hydrogen) atoms. The topological polar surface area (TPSA) is 55.8 Å². The second kappa shape index (κ2) is 7.65. The summed E-state index contributed by atoms with van der Waals surface area (Å²) in [4.78, 5) is 10.5. The van der Waals surface area contributed by atoms with Crippen molar-refractivity contribution < 1.29 is 19.4 Å². The van der Waals surface area contributed by atoms with E-state index in [-0.39, 0.29) is 6.42 Å². The number of ether oxygens (including phenoxy) is 2. The molecule has 0 unspecified atom stereocenters. The van der Waals surface area contributed by atoms with E-state index in [1.165, 1.54) is 0 Å². The molecule has 0 aromatic heterocycles. The van der Waals surface area contributed by atoms with Gasteiger partial charge in [-0.25, -0.2) is 0 Å². The maximum Gasteiger partial charge on any atom is 0.308 e. The van der Waals surface area contributed by atoms with E-state index in [1.807, 2.05) is 27.7 Å². The molecule has 0 atom stereocenters. The Labute approximate surface area is 91.6 Å². The summed E-state index contributed by atoms with van der Waals surface area (Å²) in [5.41, 5.74) is 0. The van der Waals surface area contributed by atoms with Gasteiger partial charge in [-0.2, -0.15) is 0 Å². The summed E-state index contributed by atoms with van der Waals surface area (Å²) in [6.45, 7) is 9.10. The van der Waals surface area contributed by atoms with Crippen LogP contribution in [-0.4, -0.2) is 30.6 Å². The number of hydrogen-bond donors (Lipinski definition) is 1. The number of rotatable bonds is 8. The molecule has 1 N–H and O–H groups in total. The summed E-state index contributed by atoms with van der Waals surface area (Å²) in [5.74, 6) is -0.139. The number of carboxylic acids is 1. The number of hydrogen-bond acceptors (Lipinski definition) is 3. The van der Waals surface area contributed by atoms with E-state index in [2.05, 4.69) is 0 Å². The number of carboxylic acid groups (broad SMARTS) is 1. The van der Waals surface area contributed by atoms with E-state index < -0.39 is 12.3 Å². The Balaban J connectivity index is 3.89. The highest BCUT2D eigenvalue weighted by Crippen LogP contribution is 2.06. The smallest absolute Gasteiger partial charge is 0.308 e. The fourth-order valence-electron chi connectivity index (χ4n) is 0.908. The van der Waals surface area contributed by atoms with Crippen LogP contribution in [0.4, 0.5) is 0 Å². The molecule has 0 amide bonds. The molecular weight excluding hydrogens is 196 g/mol. The molecule has 0 radical (unpaired) electrons. The molecule has 0 rings (SSSR count). The van der Waals surface area contributed by atoms with Crippen molar-refractivity contribution in [2.24, 2.45) is 11.8 Å². The first-order valence-corrected chi connectivity index (χ1v) is 5.36. The quantitative estimate of drug-likeness (QED) is 0.634. The maximum atomic E-state index is 10.5. The van der Waals surface area contributed by atoms with Crippen molar-refractivity contribution in [1.29, 1.82) is 0 Å². The molecule has 4 nitrogen and oxygen atoms in total. The van der Waals surface area contributed by atoms with Crippen molar-refractivity contribution in [2.45, 2.75) is 40.4 Å². The fourth-order valence-corrected chi connectivity index (χ4v) is 0.908. The fraction of sp³-hybridized carbons (Fsp3) is 0.909. The summed E-state index contributed by atoms with van der Waals surface area (Å²) in [6.07, 6.45) is -0.716. The third-order valence-corrected chi connectivity index (χ3v) is 1.57. The number of carbonyl (C=O) groups is 1. The van der Waals surface area contributed by atoms with Crippen LogP contribution in [0.15, 0.2) is 0 Å². The first kappa shape index (κ1) is 14.4. The summed E-state index contributed by atoms with van der Waals surface area (Å²) >= 11 is 0. The van der Waals surface area contributed by atoms with E-state index in [9.17, 15) is 4.79 Å². The van der Waals surface area contributed by atoms with Crippen molar-refractivity contribution in [3.05, 3.63) is 0 Å². The second-order valence-electron chi connectivity index (χ2n) is 4.48. The van der Waals surface area contributed by atoms with Gasteiger partial charge in [-0.3, -0.25) is 4.79 Å². The zero-order valence-corrected chi connectivity index (χ0v) is 10.0. The molecule has 0 saturated carbocycles. The van der Waals surface area contributed by atoms with Crippen molar-refractivity contribution in [3.8, 4) is 0 Å². The van der Waals surface area contributed by atoms with Gasteiger partial charge in [0.15, 0.2) is 6.29 Å². The average molecular weight is 218 g/mol. The molecule has 0 aliphatic heterocycles. The molecule has 90 valence electrons.